The van der Waals surface area contributed by atoms with Crippen LogP contribution in [0.5, 0.6) is 11.5 Å². The van der Waals surface area contributed by atoms with Crippen LogP contribution in [-0.4, -0.2) is 37.0 Å². The predicted molar refractivity (Wildman–Crippen MR) is 97.1 cm³/mol. The van der Waals surface area contributed by atoms with Crippen LogP contribution in [0, 0.1) is 0 Å². The fourth-order valence-corrected chi connectivity index (χ4v) is 2.48. The summed E-state index contributed by atoms with van der Waals surface area (Å²) < 4.78 is 15.7. The molecular formula is C20H19NO6. The van der Waals surface area contributed by atoms with E-state index in [0.717, 1.165) is 5.56 Å². The van der Waals surface area contributed by atoms with Gasteiger partial charge in [0.05, 0.1) is 5.71 Å². The Morgan fingerprint density at radius 1 is 1.07 bits per heavy atom. The second kappa shape index (κ2) is 8.35. The molecule has 0 spiro atoms. The molecule has 1 heterocycles. The van der Waals surface area contributed by atoms with E-state index in [1.54, 1.807) is 43.3 Å². The summed E-state index contributed by atoms with van der Waals surface area (Å²) >= 11 is 0. The van der Waals surface area contributed by atoms with Gasteiger partial charge in [0.1, 0.15) is 0 Å². The van der Waals surface area contributed by atoms with E-state index in [2.05, 4.69) is 5.16 Å². The van der Waals surface area contributed by atoms with Crippen LogP contribution in [0.1, 0.15) is 29.8 Å². The fourth-order valence-electron chi connectivity index (χ4n) is 2.48. The third-order valence-electron chi connectivity index (χ3n) is 3.91. The molecular weight excluding hydrogens is 350 g/mol. The summed E-state index contributed by atoms with van der Waals surface area (Å²) in [7, 11) is 0. The van der Waals surface area contributed by atoms with Crippen molar-refractivity contribution in [1.29, 1.82) is 0 Å². The Labute approximate surface area is 156 Å². The van der Waals surface area contributed by atoms with Gasteiger partial charge in [0.15, 0.2) is 17.6 Å². The van der Waals surface area contributed by atoms with Gasteiger partial charge in [0, 0.05) is 11.1 Å². The van der Waals surface area contributed by atoms with Gasteiger partial charge in [-0.25, -0.2) is 4.79 Å². The van der Waals surface area contributed by atoms with Crippen molar-refractivity contribution in [2.75, 3.05) is 13.4 Å². The Bertz CT molecular complexity index is 862. The minimum Gasteiger partial charge on any atom is -0.454 e. The summed E-state index contributed by atoms with van der Waals surface area (Å²) in [5, 5.41) is 3.90. The van der Waals surface area contributed by atoms with Gasteiger partial charge in [0.2, 0.25) is 19.2 Å². The van der Waals surface area contributed by atoms with Crippen molar-refractivity contribution < 1.29 is 28.6 Å². The molecule has 0 amide bonds. The van der Waals surface area contributed by atoms with Gasteiger partial charge in [-0.2, -0.15) is 0 Å². The molecule has 2 aromatic rings. The lowest BCUT2D eigenvalue weighted by atomic mass is 10.1. The van der Waals surface area contributed by atoms with E-state index in [1.807, 2.05) is 12.1 Å². The lowest BCUT2D eigenvalue weighted by Crippen LogP contribution is -2.26. The van der Waals surface area contributed by atoms with Gasteiger partial charge >= 0.3 is 5.97 Å². The number of carbonyl (C=O) groups excluding carboxylic acids is 2. The van der Waals surface area contributed by atoms with Crippen LogP contribution in [0.4, 0.5) is 0 Å². The molecule has 3 rings (SSSR count). The zero-order chi connectivity index (χ0) is 19.2. The second-order valence-corrected chi connectivity index (χ2v) is 5.88. The summed E-state index contributed by atoms with van der Waals surface area (Å²) in [6, 6.07) is 14.0. The summed E-state index contributed by atoms with van der Waals surface area (Å²) in [5.74, 6) is 0.362. The third kappa shape index (κ3) is 4.63. The predicted octanol–water partition coefficient (Wildman–Crippen LogP) is 2.97. The molecule has 0 saturated heterocycles. The molecule has 0 N–H and O–H groups in total. The molecule has 0 aliphatic carbocycles. The molecule has 7 heteroatoms. The quantitative estimate of drug-likeness (QED) is 0.323. The fraction of sp³-hybridized carbons (Fsp3) is 0.250. The summed E-state index contributed by atoms with van der Waals surface area (Å²) in [5.41, 5.74) is 1.82. The van der Waals surface area contributed by atoms with Gasteiger partial charge in [-0.05, 0) is 32.0 Å². The minimum atomic E-state index is -0.901. The van der Waals surface area contributed by atoms with Crippen LogP contribution in [-0.2, 0) is 14.4 Å². The van der Waals surface area contributed by atoms with Crippen LogP contribution in [0.2, 0.25) is 0 Å². The lowest BCUT2D eigenvalue weighted by Gasteiger charge is -2.11. The maximum Gasteiger partial charge on any atom is 0.347 e. The van der Waals surface area contributed by atoms with Crippen molar-refractivity contribution in [3.63, 3.8) is 0 Å². The summed E-state index contributed by atoms with van der Waals surface area (Å²) in [6.45, 7) is 3.06. The number of esters is 1. The first kappa shape index (κ1) is 18.4. The van der Waals surface area contributed by atoms with Crippen LogP contribution in [0.25, 0.3) is 0 Å². The van der Waals surface area contributed by atoms with Crippen molar-refractivity contribution in [2.24, 2.45) is 5.16 Å². The molecule has 0 bridgehead atoms. The summed E-state index contributed by atoms with van der Waals surface area (Å²) in [6.07, 6.45) is -0.901. The molecule has 0 aromatic heterocycles. The first-order valence-electron chi connectivity index (χ1n) is 8.40. The highest BCUT2D eigenvalue weighted by molar-refractivity contribution is 6.00. The zero-order valence-electron chi connectivity index (χ0n) is 15.0. The molecule has 7 nitrogen and oxygen atoms in total. The molecule has 1 unspecified atom stereocenters. The van der Waals surface area contributed by atoms with Crippen molar-refractivity contribution >= 4 is 17.5 Å². The number of Topliss-reactive ketones (excluding diaryl/α,β-unsaturated/α-hetero) is 1. The first-order valence-corrected chi connectivity index (χ1v) is 8.40. The monoisotopic (exact) mass is 369 g/mol. The SMILES string of the molecule is CC(=NOCC(=O)OC(C)C(=O)c1ccccc1)c1ccc2c(c1)OCO2. The highest BCUT2D eigenvalue weighted by Crippen LogP contribution is 2.32. The Kier molecular flexibility index (Phi) is 5.71. The van der Waals surface area contributed by atoms with Gasteiger partial charge in [0.25, 0.3) is 0 Å². The Morgan fingerprint density at radius 3 is 2.59 bits per heavy atom. The van der Waals surface area contributed by atoms with Gasteiger partial charge in [-0.15, -0.1) is 0 Å². The number of carbonyl (C=O) groups is 2. The number of ketones is 1. The number of hydrogen-bond donors (Lipinski definition) is 0. The average Bonchev–Trinajstić information content (AvgIpc) is 3.15. The Morgan fingerprint density at radius 2 is 1.81 bits per heavy atom. The first-order chi connectivity index (χ1) is 13.0. The minimum absolute atomic E-state index is 0.192. The maximum atomic E-state index is 12.2. The van der Waals surface area contributed by atoms with E-state index >= 15 is 0 Å². The van der Waals surface area contributed by atoms with E-state index in [1.165, 1.54) is 6.92 Å². The Hall–Kier alpha value is -3.35. The normalized spacial score (nSPS) is 13.8. The molecule has 0 saturated carbocycles. The van der Waals surface area contributed by atoms with Crippen molar-refractivity contribution in [3.05, 3.63) is 59.7 Å². The van der Waals surface area contributed by atoms with E-state index < -0.39 is 18.7 Å². The van der Waals surface area contributed by atoms with E-state index in [9.17, 15) is 9.59 Å². The molecule has 1 atom stereocenters. The largest absolute Gasteiger partial charge is 0.454 e. The lowest BCUT2D eigenvalue weighted by molar-refractivity contribution is -0.151. The smallest absolute Gasteiger partial charge is 0.347 e. The number of rotatable bonds is 7. The number of benzene rings is 2. The van der Waals surface area contributed by atoms with Gasteiger partial charge < -0.3 is 19.0 Å². The second-order valence-electron chi connectivity index (χ2n) is 5.88. The molecule has 0 fully saturated rings. The van der Waals surface area contributed by atoms with E-state index in [0.29, 0.717) is 22.8 Å². The van der Waals surface area contributed by atoms with Crippen LogP contribution in [0.15, 0.2) is 53.7 Å². The topological polar surface area (TPSA) is 83.4 Å². The number of hydrogen-bond acceptors (Lipinski definition) is 7. The van der Waals surface area contributed by atoms with Crippen LogP contribution in [0.3, 0.4) is 0 Å². The van der Waals surface area contributed by atoms with Crippen molar-refractivity contribution in [2.45, 2.75) is 20.0 Å². The third-order valence-corrected chi connectivity index (χ3v) is 3.91. The highest BCUT2D eigenvalue weighted by atomic mass is 16.7. The van der Waals surface area contributed by atoms with E-state index in [4.69, 9.17) is 19.0 Å². The molecule has 140 valence electrons. The number of ether oxygens (including phenoxy) is 3. The number of fused-ring (bicyclic) bond motifs is 1. The van der Waals surface area contributed by atoms with Gasteiger partial charge in [-0.1, -0.05) is 35.5 Å². The van der Waals surface area contributed by atoms with Crippen LogP contribution < -0.4 is 9.47 Å². The highest BCUT2D eigenvalue weighted by Gasteiger charge is 2.19. The van der Waals surface area contributed by atoms with Crippen molar-refractivity contribution in [3.8, 4) is 11.5 Å². The van der Waals surface area contributed by atoms with Crippen LogP contribution >= 0.6 is 0 Å². The number of nitrogens with zero attached hydrogens (tertiary/aromatic N) is 1. The summed E-state index contributed by atoms with van der Waals surface area (Å²) in [4.78, 5) is 29.1. The average molecular weight is 369 g/mol. The standard InChI is InChI=1S/C20H19NO6/c1-13(16-8-9-17-18(10-16)25-12-24-17)21-26-11-19(22)27-14(2)20(23)15-6-4-3-5-7-15/h3-10,14H,11-12H2,1-2H3. The maximum absolute atomic E-state index is 12.2. The zero-order valence-corrected chi connectivity index (χ0v) is 15.0. The molecule has 27 heavy (non-hydrogen) atoms. The van der Waals surface area contributed by atoms with Gasteiger partial charge in [-0.3, -0.25) is 4.79 Å². The van der Waals surface area contributed by atoms with E-state index in [-0.39, 0.29) is 12.6 Å². The molecule has 1 aliphatic heterocycles. The molecule has 0 radical (unpaired) electrons. The van der Waals surface area contributed by atoms with Crippen molar-refractivity contribution in [1.82, 2.24) is 0 Å². The Balaban J connectivity index is 1.50. The molecule has 1 aliphatic rings. The molecule has 2 aromatic carbocycles. The number of oxime groups is 1.